The largest absolute Gasteiger partial charge is 0.497 e. The maximum absolute atomic E-state index is 12.1. The molecule has 0 bridgehead atoms. The number of esters is 1. The summed E-state index contributed by atoms with van der Waals surface area (Å²) in [5, 5.41) is 0.524. The van der Waals surface area contributed by atoms with Gasteiger partial charge in [0.05, 0.1) is 7.11 Å². The molecule has 21 heavy (non-hydrogen) atoms. The van der Waals surface area contributed by atoms with Crippen LogP contribution in [0.25, 0.3) is 0 Å². The maximum Gasteiger partial charge on any atom is 0.423 e. The van der Waals surface area contributed by atoms with E-state index in [1.807, 2.05) is 0 Å². The van der Waals surface area contributed by atoms with Crippen molar-refractivity contribution in [2.75, 3.05) is 7.11 Å². The summed E-state index contributed by atoms with van der Waals surface area (Å²) in [4.78, 5) is 22.5. The number of ether oxygens (including phenoxy) is 3. The Bertz CT molecular complexity index is 652. The molecule has 0 heterocycles. The first-order chi connectivity index (χ1) is 10.1. The molecule has 0 N–H and O–H groups in total. The first kappa shape index (κ1) is 14.9. The number of benzene rings is 2. The molecule has 5 nitrogen and oxygen atoms in total. The van der Waals surface area contributed by atoms with Crippen LogP contribution in [0, 0.1) is 0 Å². The average Bonchev–Trinajstić information content (AvgIpc) is 2.50. The number of halogens is 1. The highest BCUT2D eigenvalue weighted by Gasteiger charge is 2.17. The number of carbonyl (C=O) groups excluding carboxylic acids is 2. The first-order valence-electron chi connectivity index (χ1n) is 5.84. The smallest absolute Gasteiger partial charge is 0.423 e. The van der Waals surface area contributed by atoms with Gasteiger partial charge in [-0.25, -0.2) is 9.59 Å². The lowest BCUT2D eigenvalue weighted by molar-refractivity contribution is 0.0732. The van der Waals surface area contributed by atoms with Crippen molar-refractivity contribution in [1.82, 2.24) is 0 Å². The standard InChI is InChI=1S/C15H10ClO5/c1-19-12-6-7-14(20-9-17)13(8-12)15(18)21-11-4-2-10(16)3-5-11/h2-8H,1H3. The fourth-order valence-electron chi connectivity index (χ4n) is 1.59. The third-order valence-electron chi connectivity index (χ3n) is 2.58. The zero-order valence-corrected chi connectivity index (χ0v) is 11.7. The molecule has 2 rings (SSSR count). The molecule has 0 fully saturated rings. The highest BCUT2D eigenvalue weighted by atomic mass is 35.5. The summed E-state index contributed by atoms with van der Waals surface area (Å²) in [6, 6.07) is 10.6. The normalized spacial score (nSPS) is 9.81. The van der Waals surface area contributed by atoms with Gasteiger partial charge in [-0.1, -0.05) is 11.6 Å². The number of methoxy groups -OCH3 is 1. The van der Waals surface area contributed by atoms with Gasteiger partial charge in [0.25, 0.3) is 0 Å². The predicted molar refractivity (Wildman–Crippen MR) is 75.7 cm³/mol. The van der Waals surface area contributed by atoms with Crippen molar-refractivity contribution in [3.8, 4) is 17.2 Å². The van der Waals surface area contributed by atoms with E-state index in [4.69, 9.17) is 21.1 Å². The Labute approximate surface area is 126 Å². The van der Waals surface area contributed by atoms with E-state index < -0.39 is 5.97 Å². The van der Waals surface area contributed by atoms with Crippen LogP contribution in [0.5, 0.6) is 17.2 Å². The van der Waals surface area contributed by atoms with E-state index in [0.29, 0.717) is 16.5 Å². The molecule has 0 amide bonds. The minimum absolute atomic E-state index is 0.0322. The number of carbonyl (C=O) groups is 1. The molecule has 2 aromatic carbocycles. The minimum Gasteiger partial charge on any atom is -0.497 e. The zero-order valence-electron chi connectivity index (χ0n) is 11.0. The third-order valence-corrected chi connectivity index (χ3v) is 2.83. The van der Waals surface area contributed by atoms with Crippen molar-refractivity contribution in [3.63, 3.8) is 0 Å². The molecule has 0 aliphatic rings. The Hall–Kier alpha value is -2.53. The van der Waals surface area contributed by atoms with E-state index in [2.05, 4.69) is 4.74 Å². The SMILES string of the molecule is COc1ccc(O[C]=O)c(C(=O)Oc2ccc(Cl)cc2)c1. The summed E-state index contributed by atoms with van der Waals surface area (Å²) >= 11 is 5.75. The average molecular weight is 306 g/mol. The van der Waals surface area contributed by atoms with Gasteiger partial charge in [-0.15, -0.1) is 0 Å². The van der Waals surface area contributed by atoms with Crippen LogP contribution in [0.1, 0.15) is 10.4 Å². The van der Waals surface area contributed by atoms with Crippen molar-refractivity contribution in [2.24, 2.45) is 0 Å². The van der Waals surface area contributed by atoms with E-state index in [1.165, 1.54) is 25.7 Å². The van der Waals surface area contributed by atoms with Crippen molar-refractivity contribution < 1.29 is 23.8 Å². The fraction of sp³-hybridized carbons (Fsp3) is 0.0667. The third kappa shape index (κ3) is 3.73. The maximum atomic E-state index is 12.1. The van der Waals surface area contributed by atoms with E-state index >= 15 is 0 Å². The predicted octanol–water partition coefficient (Wildman–Crippen LogP) is 3.01. The number of hydrogen-bond donors (Lipinski definition) is 0. The summed E-state index contributed by atoms with van der Waals surface area (Å²) in [5.41, 5.74) is 0.0487. The lowest BCUT2D eigenvalue weighted by atomic mass is 10.2. The second-order valence-corrected chi connectivity index (χ2v) is 4.33. The second kappa shape index (κ2) is 6.76. The second-order valence-electron chi connectivity index (χ2n) is 3.89. The van der Waals surface area contributed by atoms with Crippen LogP contribution in [0.2, 0.25) is 5.02 Å². The van der Waals surface area contributed by atoms with Crippen molar-refractivity contribution in [3.05, 3.63) is 53.1 Å². The van der Waals surface area contributed by atoms with Gasteiger partial charge in [-0.05, 0) is 42.5 Å². The Morgan fingerprint density at radius 2 is 1.76 bits per heavy atom. The van der Waals surface area contributed by atoms with Crippen molar-refractivity contribution in [1.29, 1.82) is 0 Å². The van der Waals surface area contributed by atoms with Crippen LogP contribution in [0.4, 0.5) is 0 Å². The van der Waals surface area contributed by atoms with Crippen molar-refractivity contribution in [2.45, 2.75) is 0 Å². The summed E-state index contributed by atoms with van der Waals surface area (Å²) in [5.74, 6) is 0.0794. The van der Waals surface area contributed by atoms with Gasteiger partial charge in [0, 0.05) is 5.02 Å². The van der Waals surface area contributed by atoms with Gasteiger partial charge in [0.1, 0.15) is 22.8 Å². The van der Waals surface area contributed by atoms with Gasteiger partial charge in [-0.2, -0.15) is 0 Å². The Morgan fingerprint density at radius 3 is 2.38 bits per heavy atom. The van der Waals surface area contributed by atoms with Crippen molar-refractivity contribution >= 4 is 24.0 Å². The molecule has 0 aliphatic carbocycles. The van der Waals surface area contributed by atoms with Crippen LogP contribution in [-0.2, 0) is 4.79 Å². The highest BCUT2D eigenvalue weighted by Crippen LogP contribution is 2.26. The highest BCUT2D eigenvalue weighted by molar-refractivity contribution is 6.30. The van der Waals surface area contributed by atoms with Crippen LogP contribution in [0.15, 0.2) is 42.5 Å². The van der Waals surface area contributed by atoms with E-state index in [1.54, 1.807) is 30.3 Å². The van der Waals surface area contributed by atoms with E-state index in [-0.39, 0.29) is 11.3 Å². The van der Waals surface area contributed by atoms with Gasteiger partial charge < -0.3 is 14.2 Å². The van der Waals surface area contributed by atoms with Gasteiger partial charge in [-0.3, -0.25) is 0 Å². The lowest BCUT2D eigenvalue weighted by Crippen LogP contribution is -2.10. The van der Waals surface area contributed by atoms with Crippen LogP contribution in [-0.4, -0.2) is 19.6 Å². The monoisotopic (exact) mass is 305 g/mol. The first-order valence-corrected chi connectivity index (χ1v) is 6.21. The summed E-state index contributed by atoms with van der Waals surface area (Å²) < 4.78 is 14.8. The Kier molecular flexibility index (Phi) is 4.79. The molecule has 1 radical (unpaired) electrons. The molecule has 0 atom stereocenters. The summed E-state index contributed by atoms with van der Waals surface area (Å²) in [6.45, 7) is 1.27. The molecule has 6 heteroatoms. The lowest BCUT2D eigenvalue weighted by Gasteiger charge is -2.09. The minimum atomic E-state index is -0.693. The quantitative estimate of drug-likeness (QED) is 0.627. The number of hydrogen-bond acceptors (Lipinski definition) is 5. The molecule has 107 valence electrons. The zero-order chi connectivity index (χ0) is 15.2. The van der Waals surface area contributed by atoms with Crippen LogP contribution < -0.4 is 14.2 Å². The van der Waals surface area contributed by atoms with Crippen LogP contribution in [0.3, 0.4) is 0 Å². The van der Waals surface area contributed by atoms with E-state index in [9.17, 15) is 9.59 Å². The molecule has 0 saturated heterocycles. The topological polar surface area (TPSA) is 61.8 Å². The molecular weight excluding hydrogens is 296 g/mol. The molecular formula is C15H10ClO5. The van der Waals surface area contributed by atoms with Gasteiger partial charge >= 0.3 is 12.4 Å². The molecule has 0 aromatic heterocycles. The number of rotatable bonds is 5. The molecule has 0 aliphatic heterocycles. The fourth-order valence-corrected chi connectivity index (χ4v) is 1.72. The van der Waals surface area contributed by atoms with Crippen LogP contribution >= 0.6 is 11.6 Å². The molecule has 0 spiro atoms. The summed E-state index contributed by atoms with van der Waals surface area (Å²) in [6.07, 6.45) is 0. The van der Waals surface area contributed by atoms with Gasteiger partial charge in [0.15, 0.2) is 0 Å². The van der Waals surface area contributed by atoms with E-state index in [0.717, 1.165) is 0 Å². The molecule has 2 aromatic rings. The molecule has 0 unspecified atom stereocenters. The Morgan fingerprint density at radius 1 is 1.10 bits per heavy atom. The van der Waals surface area contributed by atoms with Gasteiger partial charge in [0.2, 0.25) is 0 Å². The Balaban J connectivity index is 2.28. The molecule has 0 saturated carbocycles. The summed E-state index contributed by atoms with van der Waals surface area (Å²) in [7, 11) is 1.45.